The Hall–Kier alpha value is -2.06. The molecular weight excluding hydrogens is 457 g/mol. The predicted molar refractivity (Wildman–Crippen MR) is 118 cm³/mol. The number of hydrogen-bond acceptors (Lipinski definition) is 4. The van der Waals surface area contributed by atoms with Crippen LogP contribution in [0, 0.1) is 0 Å². The number of carbonyl (C=O) groups is 2. The summed E-state index contributed by atoms with van der Waals surface area (Å²) >= 11 is 22.6. The number of hydrazine groups is 1. The van der Waals surface area contributed by atoms with E-state index in [1.54, 1.807) is 42.5 Å². The van der Waals surface area contributed by atoms with Crippen molar-refractivity contribution in [2.45, 2.75) is 19.3 Å². The van der Waals surface area contributed by atoms with E-state index in [2.05, 4.69) is 16.2 Å². The van der Waals surface area contributed by atoms with Crippen LogP contribution in [0.5, 0.6) is 5.75 Å². The zero-order valence-corrected chi connectivity index (χ0v) is 18.2. The third kappa shape index (κ3) is 8.87. The van der Waals surface area contributed by atoms with Crippen LogP contribution in [0.3, 0.4) is 0 Å². The number of carbonyl (C=O) groups excluding carboxylic acids is 2. The van der Waals surface area contributed by atoms with Crippen molar-refractivity contribution in [1.82, 2.24) is 16.2 Å². The maximum Gasteiger partial charge on any atom is 0.242 e. The fourth-order valence-corrected chi connectivity index (χ4v) is 2.94. The molecule has 3 N–H and O–H groups in total. The van der Waals surface area contributed by atoms with Crippen LogP contribution in [-0.4, -0.2) is 23.5 Å². The Balaban J connectivity index is 1.61. The Morgan fingerprint density at radius 3 is 2.31 bits per heavy atom. The molecule has 0 saturated carbocycles. The first-order chi connectivity index (χ1) is 13.8. The Bertz CT molecular complexity index is 879. The molecule has 0 aliphatic carbocycles. The Morgan fingerprint density at radius 1 is 0.931 bits per heavy atom. The second-order valence-corrected chi connectivity index (χ2v) is 7.57. The number of rotatable bonds is 7. The van der Waals surface area contributed by atoms with E-state index < -0.39 is 0 Å². The van der Waals surface area contributed by atoms with Crippen LogP contribution in [-0.2, 0) is 16.0 Å². The third-order valence-corrected chi connectivity index (χ3v) is 4.53. The molecule has 0 saturated heterocycles. The van der Waals surface area contributed by atoms with E-state index in [0.717, 1.165) is 5.56 Å². The van der Waals surface area contributed by atoms with Crippen molar-refractivity contribution >= 4 is 63.9 Å². The lowest BCUT2D eigenvalue weighted by Crippen LogP contribution is -2.48. The number of benzene rings is 2. The van der Waals surface area contributed by atoms with Crippen LogP contribution >= 0.6 is 47.0 Å². The quantitative estimate of drug-likeness (QED) is 0.320. The first kappa shape index (κ1) is 23.2. The monoisotopic (exact) mass is 473 g/mol. The van der Waals surface area contributed by atoms with Gasteiger partial charge in [-0.1, -0.05) is 46.9 Å². The molecule has 0 aliphatic heterocycles. The molecule has 2 aromatic rings. The number of halogens is 3. The van der Waals surface area contributed by atoms with Gasteiger partial charge < -0.3 is 10.1 Å². The summed E-state index contributed by atoms with van der Waals surface area (Å²) in [5.41, 5.74) is 5.70. The first-order valence-corrected chi connectivity index (χ1v) is 10.1. The van der Waals surface area contributed by atoms with Crippen molar-refractivity contribution in [3.05, 3.63) is 63.1 Å². The molecule has 0 heterocycles. The van der Waals surface area contributed by atoms with Gasteiger partial charge in [-0.2, -0.15) is 0 Å². The Morgan fingerprint density at radius 2 is 1.62 bits per heavy atom. The fraction of sp³-hybridized carbons (Fsp3) is 0.211. The van der Waals surface area contributed by atoms with Crippen LogP contribution < -0.4 is 20.9 Å². The summed E-state index contributed by atoms with van der Waals surface area (Å²) in [6.45, 7) is 0.298. The molecule has 6 nitrogen and oxygen atoms in total. The lowest BCUT2D eigenvalue weighted by atomic mass is 10.1. The van der Waals surface area contributed by atoms with Crippen molar-refractivity contribution < 1.29 is 14.3 Å². The van der Waals surface area contributed by atoms with Gasteiger partial charge >= 0.3 is 0 Å². The average Bonchev–Trinajstić information content (AvgIpc) is 2.67. The van der Waals surface area contributed by atoms with E-state index in [1.807, 2.05) is 0 Å². The summed E-state index contributed by atoms with van der Waals surface area (Å²) < 4.78 is 5.51. The molecule has 0 aliphatic rings. The number of amides is 2. The van der Waals surface area contributed by atoms with Crippen molar-refractivity contribution in [1.29, 1.82) is 0 Å². The van der Waals surface area contributed by atoms with Gasteiger partial charge in [0.15, 0.2) is 5.11 Å². The molecule has 0 atom stereocenters. The SMILES string of the molecule is O=C(Cc1ccc(Cl)cc1)NNC(=S)NC(=O)CCCOc1ccc(Cl)cc1Cl. The minimum absolute atomic E-state index is 0.00104. The molecule has 0 bridgehead atoms. The first-order valence-electron chi connectivity index (χ1n) is 8.54. The molecule has 2 rings (SSSR count). The minimum Gasteiger partial charge on any atom is -0.492 e. The van der Waals surface area contributed by atoms with E-state index in [9.17, 15) is 9.59 Å². The van der Waals surface area contributed by atoms with Gasteiger partial charge in [0.05, 0.1) is 18.1 Å². The number of nitrogens with one attached hydrogen (secondary N) is 3. The molecule has 2 amide bonds. The van der Waals surface area contributed by atoms with Gasteiger partial charge in [-0.25, -0.2) is 0 Å². The highest BCUT2D eigenvalue weighted by molar-refractivity contribution is 7.80. The number of hydrogen-bond donors (Lipinski definition) is 3. The summed E-state index contributed by atoms with van der Waals surface area (Å²) in [5, 5.41) is 3.99. The summed E-state index contributed by atoms with van der Waals surface area (Å²) in [6.07, 6.45) is 0.785. The number of thiocarbonyl (C=S) groups is 1. The van der Waals surface area contributed by atoms with E-state index in [4.69, 9.17) is 51.8 Å². The maximum absolute atomic E-state index is 11.9. The van der Waals surface area contributed by atoms with Crippen LogP contribution in [0.4, 0.5) is 0 Å². The van der Waals surface area contributed by atoms with Gasteiger partial charge in [0, 0.05) is 16.5 Å². The molecule has 0 unspecified atom stereocenters. The standard InChI is InChI=1S/C19H18Cl3N3O3S/c20-13-5-3-12(4-6-13)10-18(27)24-25-19(29)23-17(26)2-1-9-28-16-8-7-14(21)11-15(16)22/h3-8,11H,1-2,9-10H2,(H,24,27)(H2,23,25,26,29). The summed E-state index contributed by atoms with van der Waals surface area (Å²) in [5.74, 6) is -0.116. The van der Waals surface area contributed by atoms with Gasteiger partial charge in [0.25, 0.3) is 0 Å². The van der Waals surface area contributed by atoms with Crippen LogP contribution in [0.2, 0.25) is 15.1 Å². The second-order valence-electron chi connectivity index (χ2n) is 5.88. The molecule has 0 spiro atoms. The van der Waals surface area contributed by atoms with Crippen molar-refractivity contribution in [2.24, 2.45) is 0 Å². The molecule has 29 heavy (non-hydrogen) atoms. The van der Waals surface area contributed by atoms with Gasteiger partial charge in [-0.3, -0.25) is 20.4 Å². The normalized spacial score (nSPS) is 10.2. The van der Waals surface area contributed by atoms with Crippen molar-refractivity contribution in [2.75, 3.05) is 6.61 Å². The Kier molecular flexibility index (Phi) is 9.47. The van der Waals surface area contributed by atoms with E-state index >= 15 is 0 Å². The van der Waals surface area contributed by atoms with Gasteiger partial charge in [-0.15, -0.1) is 0 Å². The van der Waals surface area contributed by atoms with Crippen molar-refractivity contribution in [3.8, 4) is 5.75 Å². The summed E-state index contributed by atoms with van der Waals surface area (Å²) in [6, 6.07) is 11.8. The van der Waals surface area contributed by atoms with Crippen LogP contribution in [0.15, 0.2) is 42.5 Å². The van der Waals surface area contributed by atoms with Crippen LogP contribution in [0.25, 0.3) is 0 Å². The molecule has 154 valence electrons. The molecule has 0 fully saturated rings. The Labute approximate surface area is 188 Å². The molecule has 2 aromatic carbocycles. The second kappa shape index (κ2) is 11.8. The molecule has 0 aromatic heterocycles. The lowest BCUT2D eigenvalue weighted by Gasteiger charge is -2.11. The largest absolute Gasteiger partial charge is 0.492 e. The van der Waals surface area contributed by atoms with Gasteiger partial charge in [0.2, 0.25) is 11.8 Å². The lowest BCUT2D eigenvalue weighted by molar-refractivity contribution is -0.122. The highest BCUT2D eigenvalue weighted by Crippen LogP contribution is 2.27. The third-order valence-electron chi connectivity index (χ3n) is 3.55. The smallest absolute Gasteiger partial charge is 0.242 e. The molecular formula is C19H18Cl3N3O3S. The zero-order valence-electron chi connectivity index (χ0n) is 15.1. The highest BCUT2D eigenvalue weighted by Gasteiger charge is 2.08. The minimum atomic E-state index is -0.308. The van der Waals surface area contributed by atoms with E-state index in [-0.39, 0.29) is 29.8 Å². The highest BCUT2D eigenvalue weighted by atomic mass is 35.5. The summed E-state index contributed by atoms with van der Waals surface area (Å²) in [4.78, 5) is 23.7. The fourth-order valence-electron chi connectivity index (χ4n) is 2.19. The van der Waals surface area contributed by atoms with Gasteiger partial charge in [0.1, 0.15) is 5.75 Å². The van der Waals surface area contributed by atoms with Crippen LogP contribution in [0.1, 0.15) is 18.4 Å². The zero-order chi connectivity index (χ0) is 21.2. The van der Waals surface area contributed by atoms with E-state index in [0.29, 0.717) is 33.8 Å². The predicted octanol–water partition coefficient (Wildman–Crippen LogP) is 4.07. The summed E-state index contributed by atoms with van der Waals surface area (Å²) in [7, 11) is 0. The topological polar surface area (TPSA) is 79.5 Å². The number of ether oxygens (including phenoxy) is 1. The molecule has 0 radical (unpaired) electrons. The van der Waals surface area contributed by atoms with Crippen molar-refractivity contribution in [3.63, 3.8) is 0 Å². The van der Waals surface area contributed by atoms with Gasteiger partial charge in [-0.05, 0) is 54.5 Å². The maximum atomic E-state index is 11.9. The van der Waals surface area contributed by atoms with E-state index in [1.165, 1.54) is 0 Å². The molecule has 10 heteroatoms. The average molecular weight is 475 g/mol.